The highest BCUT2D eigenvalue weighted by Crippen LogP contribution is 2.28. The first-order valence-electron chi connectivity index (χ1n) is 8.57. The monoisotopic (exact) mass is 414 g/mol. The van der Waals surface area contributed by atoms with Crippen LogP contribution in [0, 0.1) is 6.92 Å². The number of methoxy groups -OCH3 is 1. The number of nitrogens with two attached hydrogens (primary N) is 1. The Labute approximate surface area is 171 Å². The molecule has 3 rings (SSSR count). The van der Waals surface area contributed by atoms with E-state index in [2.05, 4.69) is 20.9 Å². The number of rotatable bonds is 6. The van der Waals surface area contributed by atoms with Crippen molar-refractivity contribution >= 4 is 40.6 Å². The number of nitrogens with zero attached hydrogens (tertiary/aromatic N) is 3. The van der Waals surface area contributed by atoms with Crippen LogP contribution in [0.25, 0.3) is 0 Å². The summed E-state index contributed by atoms with van der Waals surface area (Å²) < 4.78 is 6.34. The molecule has 0 spiro atoms. The quantitative estimate of drug-likeness (QED) is 0.569. The molecule has 0 atom stereocenters. The summed E-state index contributed by atoms with van der Waals surface area (Å²) in [5.41, 5.74) is 7.87. The van der Waals surface area contributed by atoms with E-state index in [0.717, 1.165) is 10.2 Å². The number of benzene rings is 2. The molecule has 0 radical (unpaired) electrons. The molecule has 0 aliphatic heterocycles. The molecule has 2 aromatic carbocycles. The van der Waals surface area contributed by atoms with Crippen molar-refractivity contribution in [3.05, 3.63) is 58.7 Å². The largest absolute Gasteiger partial charge is 0.495 e. The second-order valence-electron chi connectivity index (χ2n) is 6.20. The van der Waals surface area contributed by atoms with E-state index in [-0.39, 0.29) is 24.0 Å². The smallest absolute Gasteiger partial charge is 0.280 e. The lowest BCUT2D eigenvalue weighted by Crippen LogP contribution is -2.21. The number of aryl methyl sites for hydroxylation is 1. The maximum atomic E-state index is 12.5. The summed E-state index contributed by atoms with van der Waals surface area (Å²) in [5, 5.41) is 13.4. The minimum Gasteiger partial charge on any atom is -0.495 e. The molecule has 0 saturated heterocycles. The van der Waals surface area contributed by atoms with Crippen molar-refractivity contribution in [3.8, 4) is 5.75 Å². The van der Waals surface area contributed by atoms with Gasteiger partial charge in [0.05, 0.1) is 12.8 Å². The first kappa shape index (κ1) is 20.2. The summed E-state index contributed by atoms with van der Waals surface area (Å²) in [5.74, 6) is -0.571. The van der Waals surface area contributed by atoms with Crippen LogP contribution in [0.1, 0.15) is 16.1 Å². The predicted octanol–water partition coefficient (Wildman–Crippen LogP) is 2.72. The minimum atomic E-state index is -0.603. The van der Waals surface area contributed by atoms with Gasteiger partial charge < -0.3 is 21.1 Å². The summed E-state index contributed by atoms with van der Waals surface area (Å²) in [6.07, 6.45) is 0. The van der Waals surface area contributed by atoms with Crippen molar-refractivity contribution in [2.24, 2.45) is 0 Å². The molecule has 9 nitrogen and oxygen atoms in total. The van der Waals surface area contributed by atoms with E-state index in [1.54, 1.807) is 18.2 Å². The van der Waals surface area contributed by atoms with Crippen molar-refractivity contribution in [2.75, 3.05) is 23.5 Å². The zero-order chi connectivity index (χ0) is 21.0. The van der Waals surface area contributed by atoms with Gasteiger partial charge in [0.25, 0.3) is 5.91 Å². The summed E-state index contributed by atoms with van der Waals surface area (Å²) >= 11 is 5.96. The van der Waals surface area contributed by atoms with Crippen LogP contribution in [0.3, 0.4) is 0 Å². The molecule has 2 amide bonds. The number of hydrogen-bond donors (Lipinski definition) is 3. The molecule has 150 valence electrons. The molecular weight excluding hydrogens is 396 g/mol. The SMILES string of the molecule is COc1ccc(Cl)cc1NC(=O)c1nnn(CC(=O)Nc2cccc(C)c2)c1N. The van der Waals surface area contributed by atoms with E-state index < -0.39 is 5.91 Å². The van der Waals surface area contributed by atoms with Gasteiger partial charge in [-0.3, -0.25) is 9.59 Å². The number of halogens is 1. The maximum absolute atomic E-state index is 12.5. The van der Waals surface area contributed by atoms with E-state index in [0.29, 0.717) is 22.1 Å². The molecule has 0 unspecified atom stereocenters. The van der Waals surface area contributed by atoms with E-state index in [9.17, 15) is 9.59 Å². The second kappa shape index (κ2) is 8.61. The van der Waals surface area contributed by atoms with Crippen molar-refractivity contribution < 1.29 is 14.3 Å². The molecule has 0 aliphatic rings. The van der Waals surface area contributed by atoms with Gasteiger partial charge in [0.15, 0.2) is 11.5 Å². The van der Waals surface area contributed by atoms with Gasteiger partial charge in [-0.2, -0.15) is 0 Å². The van der Waals surface area contributed by atoms with Gasteiger partial charge in [-0.25, -0.2) is 4.68 Å². The van der Waals surface area contributed by atoms with E-state index in [1.165, 1.54) is 13.2 Å². The van der Waals surface area contributed by atoms with Gasteiger partial charge in [0.2, 0.25) is 5.91 Å². The second-order valence-corrected chi connectivity index (χ2v) is 6.63. The Bertz CT molecular complexity index is 1070. The topological polar surface area (TPSA) is 124 Å². The highest BCUT2D eigenvalue weighted by Gasteiger charge is 2.20. The lowest BCUT2D eigenvalue weighted by Gasteiger charge is -2.10. The highest BCUT2D eigenvalue weighted by molar-refractivity contribution is 6.31. The average Bonchev–Trinajstić information content (AvgIpc) is 3.02. The number of hydrogen-bond acceptors (Lipinski definition) is 6. The van der Waals surface area contributed by atoms with E-state index in [1.807, 2.05) is 25.1 Å². The van der Waals surface area contributed by atoms with Crippen molar-refractivity contribution in [1.29, 1.82) is 0 Å². The number of anilines is 3. The maximum Gasteiger partial charge on any atom is 0.280 e. The Hall–Kier alpha value is -3.59. The van der Waals surface area contributed by atoms with Crippen LogP contribution in [0.5, 0.6) is 5.75 Å². The Balaban J connectivity index is 1.71. The number of nitrogen functional groups attached to an aromatic ring is 1. The average molecular weight is 415 g/mol. The van der Waals surface area contributed by atoms with Crippen LogP contribution in [0.15, 0.2) is 42.5 Å². The first-order chi connectivity index (χ1) is 13.9. The van der Waals surface area contributed by atoms with E-state index >= 15 is 0 Å². The van der Waals surface area contributed by atoms with Gasteiger partial charge in [0.1, 0.15) is 12.3 Å². The van der Waals surface area contributed by atoms with Crippen molar-refractivity contribution in [3.63, 3.8) is 0 Å². The Kier molecular flexibility index (Phi) is 5.99. The van der Waals surface area contributed by atoms with Gasteiger partial charge in [0, 0.05) is 10.7 Å². The van der Waals surface area contributed by atoms with Gasteiger partial charge in [-0.1, -0.05) is 28.9 Å². The minimum absolute atomic E-state index is 0.0390. The first-order valence-corrected chi connectivity index (χ1v) is 8.95. The van der Waals surface area contributed by atoms with Crippen LogP contribution in [0.2, 0.25) is 5.02 Å². The molecular formula is C19H19ClN6O3. The molecule has 10 heteroatoms. The zero-order valence-electron chi connectivity index (χ0n) is 15.8. The molecule has 0 bridgehead atoms. The summed E-state index contributed by atoms with van der Waals surface area (Å²) in [7, 11) is 1.47. The molecule has 0 fully saturated rings. The van der Waals surface area contributed by atoms with Crippen LogP contribution in [-0.4, -0.2) is 33.9 Å². The number of carbonyl (C=O) groups excluding carboxylic acids is 2. The third-order valence-corrected chi connectivity index (χ3v) is 4.23. The Morgan fingerprint density at radius 2 is 2.00 bits per heavy atom. The third-order valence-electron chi connectivity index (χ3n) is 3.99. The summed E-state index contributed by atoms with van der Waals surface area (Å²) in [4.78, 5) is 24.8. The normalized spacial score (nSPS) is 10.4. The van der Waals surface area contributed by atoms with Gasteiger partial charge in [-0.15, -0.1) is 5.10 Å². The number of nitrogens with one attached hydrogen (secondary N) is 2. The number of aromatic nitrogens is 3. The predicted molar refractivity (Wildman–Crippen MR) is 110 cm³/mol. The highest BCUT2D eigenvalue weighted by atomic mass is 35.5. The zero-order valence-corrected chi connectivity index (χ0v) is 16.5. The molecule has 29 heavy (non-hydrogen) atoms. The van der Waals surface area contributed by atoms with Gasteiger partial charge >= 0.3 is 0 Å². The standard InChI is InChI=1S/C19H19ClN6O3/c1-11-4-3-5-13(8-11)22-16(27)10-26-18(21)17(24-25-26)19(28)23-14-9-12(20)6-7-15(14)29-2/h3-9H,10,21H2,1-2H3,(H,22,27)(H,23,28). The lowest BCUT2D eigenvalue weighted by atomic mass is 10.2. The van der Waals surface area contributed by atoms with Crippen LogP contribution >= 0.6 is 11.6 Å². The van der Waals surface area contributed by atoms with Crippen molar-refractivity contribution in [2.45, 2.75) is 13.5 Å². The molecule has 0 saturated carbocycles. The Morgan fingerprint density at radius 1 is 1.21 bits per heavy atom. The number of carbonyl (C=O) groups is 2. The van der Waals surface area contributed by atoms with Crippen molar-refractivity contribution in [1.82, 2.24) is 15.0 Å². The van der Waals surface area contributed by atoms with E-state index in [4.69, 9.17) is 22.1 Å². The fourth-order valence-electron chi connectivity index (χ4n) is 2.62. The fourth-order valence-corrected chi connectivity index (χ4v) is 2.79. The van der Waals surface area contributed by atoms with Crippen LogP contribution in [0.4, 0.5) is 17.2 Å². The van der Waals surface area contributed by atoms with Crippen LogP contribution < -0.4 is 21.1 Å². The fraction of sp³-hybridized carbons (Fsp3) is 0.158. The lowest BCUT2D eigenvalue weighted by molar-refractivity contribution is -0.116. The molecule has 0 aliphatic carbocycles. The third kappa shape index (κ3) is 4.82. The molecule has 1 aromatic heterocycles. The number of ether oxygens (including phenoxy) is 1. The van der Waals surface area contributed by atoms with Gasteiger partial charge in [-0.05, 0) is 42.8 Å². The molecule has 4 N–H and O–H groups in total. The van der Waals surface area contributed by atoms with Crippen LogP contribution in [-0.2, 0) is 11.3 Å². The summed E-state index contributed by atoms with van der Waals surface area (Å²) in [6.45, 7) is 1.73. The molecule has 3 aromatic rings. The number of amides is 2. The Morgan fingerprint density at radius 3 is 2.72 bits per heavy atom. The molecule has 1 heterocycles. The summed E-state index contributed by atoms with van der Waals surface area (Å²) in [6, 6.07) is 12.1.